The topological polar surface area (TPSA) is 41.1 Å². The van der Waals surface area contributed by atoms with Crippen molar-refractivity contribution in [1.82, 2.24) is 10.6 Å². The van der Waals surface area contributed by atoms with Gasteiger partial charge in [-0.25, -0.2) is 0 Å². The summed E-state index contributed by atoms with van der Waals surface area (Å²) in [4.78, 5) is 11.5. The van der Waals surface area contributed by atoms with E-state index in [1.165, 1.54) is 0 Å². The molecule has 1 heterocycles. The molecule has 1 saturated heterocycles. The second-order valence-electron chi connectivity index (χ2n) is 3.73. The lowest BCUT2D eigenvalue weighted by Crippen LogP contribution is -2.57. The van der Waals surface area contributed by atoms with E-state index in [9.17, 15) is 4.79 Å². The minimum absolute atomic E-state index is 0.0590. The van der Waals surface area contributed by atoms with Crippen LogP contribution in [0.2, 0.25) is 5.02 Å². The van der Waals surface area contributed by atoms with E-state index in [-0.39, 0.29) is 5.91 Å². The Hall–Kier alpha value is -1.06. The lowest BCUT2D eigenvalue weighted by molar-refractivity contribution is -0.121. The van der Waals surface area contributed by atoms with Gasteiger partial charge in [-0.15, -0.1) is 0 Å². The summed E-state index contributed by atoms with van der Waals surface area (Å²) in [6, 6.07) is 7.69. The van der Waals surface area contributed by atoms with E-state index in [2.05, 4.69) is 10.6 Å². The first-order chi connectivity index (χ1) is 7.24. The molecule has 0 bridgehead atoms. The smallest absolute Gasteiger partial charge is 0.224 e. The van der Waals surface area contributed by atoms with Crippen LogP contribution >= 0.6 is 11.6 Å². The van der Waals surface area contributed by atoms with Crippen LogP contribution in [0.4, 0.5) is 0 Å². The Morgan fingerprint density at radius 1 is 1.53 bits per heavy atom. The number of amides is 1. The molecule has 0 spiro atoms. The maximum absolute atomic E-state index is 11.5. The lowest BCUT2D eigenvalue weighted by Gasteiger charge is -2.27. The third kappa shape index (κ3) is 2.94. The monoisotopic (exact) mass is 224 g/mol. The number of halogens is 1. The van der Waals surface area contributed by atoms with Crippen molar-refractivity contribution in [3.63, 3.8) is 0 Å². The SMILES string of the molecule is O=C(Cc1cccc(Cl)c1)NC1CNC1. The number of rotatable bonds is 3. The Balaban J connectivity index is 1.87. The third-order valence-corrected chi connectivity index (χ3v) is 2.64. The van der Waals surface area contributed by atoms with Crippen molar-refractivity contribution in [2.24, 2.45) is 0 Å². The molecular weight excluding hydrogens is 212 g/mol. The van der Waals surface area contributed by atoms with Crippen LogP contribution in [0.25, 0.3) is 0 Å². The molecule has 15 heavy (non-hydrogen) atoms. The molecule has 80 valence electrons. The van der Waals surface area contributed by atoms with Crippen LogP contribution in [0.5, 0.6) is 0 Å². The number of hydrogen-bond donors (Lipinski definition) is 2. The van der Waals surface area contributed by atoms with E-state index < -0.39 is 0 Å². The van der Waals surface area contributed by atoms with Crippen molar-refractivity contribution >= 4 is 17.5 Å². The molecule has 4 heteroatoms. The highest BCUT2D eigenvalue weighted by atomic mass is 35.5. The average molecular weight is 225 g/mol. The molecular formula is C11H13ClN2O. The summed E-state index contributed by atoms with van der Waals surface area (Å²) >= 11 is 5.83. The van der Waals surface area contributed by atoms with E-state index in [4.69, 9.17) is 11.6 Å². The highest BCUT2D eigenvalue weighted by molar-refractivity contribution is 6.30. The number of carbonyl (C=O) groups is 1. The minimum Gasteiger partial charge on any atom is -0.351 e. The quantitative estimate of drug-likeness (QED) is 0.804. The molecule has 1 amide bonds. The van der Waals surface area contributed by atoms with Gasteiger partial charge >= 0.3 is 0 Å². The molecule has 0 unspecified atom stereocenters. The van der Waals surface area contributed by atoms with Gasteiger partial charge in [0.25, 0.3) is 0 Å². The first-order valence-electron chi connectivity index (χ1n) is 4.98. The average Bonchev–Trinajstić information content (AvgIpc) is 2.11. The standard InChI is InChI=1S/C11H13ClN2O/c12-9-3-1-2-8(4-9)5-11(15)14-10-6-13-7-10/h1-4,10,13H,5-7H2,(H,14,15). The van der Waals surface area contributed by atoms with E-state index in [1.54, 1.807) is 6.07 Å². The largest absolute Gasteiger partial charge is 0.351 e. The van der Waals surface area contributed by atoms with Crippen LogP contribution in [-0.2, 0) is 11.2 Å². The zero-order valence-corrected chi connectivity index (χ0v) is 9.05. The minimum atomic E-state index is 0.0590. The predicted molar refractivity (Wildman–Crippen MR) is 60.0 cm³/mol. The maximum atomic E-state index is 11.5. The molecule has 3 nitrogen and oxygen atoms in total. The van der Waals surface area contributed by atoms with Gasteiger partial charge in [-0.2, -0.15) is 0 Å². The zero-order chi connectivity index (χ0) is 10.7. The summed E-state index contributed by atoms with van der Waals surface area (Å²) in [6.07, 6.45) is 0.400. The fourth-order valence-electron chi connectivity index (χ4n) is 1.50. The number of carbonyl (C=O) groups excluding carboxylic acids is 1. The van der Waals surface area contributed by atoms with E-state index in [1.807, 2.05) is 18.2 Å². The molecule has 1 fully saturated rings. The van der Waals surface area contributed by atoms with Crippen LogP contribution < -0.4 is 10.6 Å². The molecule has 0 radical (unpaired) electrons. The van der Waals surface area contributed by atoms with Gasteiger partial charge in [-0.1, -0.05) is 23.7 Å². The molecule has 2 N–H and O–H groups in total. The van der Waals surface area contributed by atoms with Crippen molar-refractivity contribution in [2.45, 2.75) is 12.5 Å². The van der Waals surface area contributed by atoms with Gasteiger partial charge in [0.15, 0.2) is 0 Å². The lowest BCUT2D eigenvalue weighted by atomic mass is 10.1. The molecule has 0 saturated carbocycles. The van der Waals surface area contributed by atoms with Crippen molar-refractivity contribution in [3.8, 4) is 0 Å². The van der Waals surface area contributed by atoms with Gasteiger partial charge in [-0.05, 0) is 17.7 Å². The van der Waals surface area contributed by atoms with Gasteiger partial charge < -0.3 is 10.6 Å². The van der Waals surface area contributed by atoms with Gasteiger partial charge in [0.2, 0.25) is 5.91 Å². The van der Waals surface area contributed by atoms with Gasteiger partial charge in [0.05, 0.1) is 12.5 Å². The summed E-state index contributed by atoms with van der Waals surface area (Å²) in [5, 5.41) is 6.72. The molecule has 0 atom stereocenters. The second kappa shape index (κ2) is 4.64. The summed E-state index contributed by atoms with van der Waals surface area (Å²) < 4.78 is 0. The van der Waals surface area contributed by atoms with Gasteiger partial charge in [0.1, 0.15) is 0 Å². The van der Waals surface area contributed by atoms with Crippen molar-refractivity contribution in [1.29, 1.82) is 0 Å². The first-order valence-corrected chi connectivity index (χ1v) is 5.36. The Bertz CT molecular complexity index is 363. The van der Waals surface area contributed by atoms with Crippen LogP contribution in [0, 0.1) is 0 Å². The summed E-state index contributed by atoms with van der Waals surface area (Å²) in [6.45, 7) is 1.75. The van der Waals surface area contributed by atoms with Crippen LogP contribution in [-0.4, -0.2) is 25.0 Å². The fraction of sp³-hybridized carbons (Fsp3) is 0.364. The molecule has 1 aromatic rings. The summed E-state index contributed by atoms with van der Waals surface area (Å²) in [5.41, 5.74) is 0.951. The molecule has 1 aromatic carbocycles. The normalized spacial score (nSPS) is 15.8. The third-order valence-electron chi connectivity index (χ3n) is 2.40. The Kier molecular flexibility index (Phi) is 3.23. The maximum Gasteiger partial charge on any atom is 0.224 e. The predicted octanol–water partition coefficient (Wildman–Crippen LogP) is 0.970. The molecule has 1 aliphatic heterocycles. The molecule has 1 aliphatic rings. The van der Waals surface area contributed by atoms with Crippen molar-refractivity contribution in [3.05, 3.63) is 34.9 Å². The van der Waals surface area contributed by atoms with Gasteiger partial charge in [0, 0.05) is 18.1 Å². The number of nitrogens with one attached hydrogen (secondary N) is 2. The Labute approximate surface area is 93.8 Å². The Morgan fingerprint density at radius 3 is 2.93 bits per heavy atom. The van der Waals surface area contributed by atoms with Crippen LogP contribution in [0.1, 0.15) is 5.56 Å². The fourth-order valence-corrected chi connectivity index (χ4v) is 1.71. The highest BCUT2D eigenvalue weighted by Gasteiger charge is 2.18. The van der Waals surface area contributed by atoms with Crippen LogP contribution in [0.3, 0.4) is 0 Å². The van der Waals surface area contributed by atoms with Crippen molar-refractivity contribution < 1.29 is 4.79 Å². The molecule has 2 rings (SSSR count). The van der Waals surface area contributed by atoms with Crippen molar-refractivity contribution in [2.75, 3.05) is 13.1 Å². The first kappa shape index (κ1) is 10.5. The zero-order valence-electron chi connectivity index (χ0n) is 8.29. The second-order valence-corrected chi connectivity index (χ2v) is 4.17. The summed E-state index contributed by atoms with van der Waals surface area (Å²) in [7, 11) is 0. The molecule has 0 aliphatic carbocycles. The Morgan fingerprint density at radius 2 is 2.33 bits per heavy atom. The van der Waals surface area contributed by atoms with Gasteiger partial charge in [-0.3, -0.25) is 4.79 Å². The van der Waals surface area contributed by atoms with E-state index >= 15 is 0 Å². The summed E-state index contributed by atoms with van der Waals surface area (Å²) in [5.74, 6) is 0.0590. The molecule has 0 aromatic heterocycles. The van der Waals surface area contributed by atoms with Crippen LogP contribution in [0.15, 0.2) is 24.3 Å². The number of hydrogen-bond acceptors (Lipinski definition) is 2. The highest BCUT2D eigenvalue weighted by Crippen LogP contribution is 2.11. The van der Waals surface area contributed by atoms with E-state index in [0.29, 0.717) is 17.5 Å². The van der Waals surface area contributed by atoms with E-state index in [0.717, 1.165) is 18.7 Å². The number of benzene rings is 1.